The lowest BCUT2D eigenvalue weighted by atomic mass is 9.74. The summed E-state index contributed by atoms with van der Waals surface area (Å²) in [5.74, 6) is 0.0975. The second-order valence-electron chi connectivity index (χ2n) is 9.26. The number of hydrogen-bond donors (Lipinski definition) is 1. The largest absolute Gasteiger partial charge is 0.343 e. The first-order valence-electron chi connectivity index (χ1n) is 12.1. The third-order valence-corrected chi connectivity index (χ3v) is 7.64. The molecule has 1 saturated heterocycles. The summed E-state index contributed by atoms with van der Waals surface area (Å²) in [4.78, 5) is 34.2. The number of anilines is 1. The number of benzene rings is 1. The standard InChI is InChI=1S/C27H30ClN5O2/c1-3-4-5-12-32-21(16-19-15-20(28)6-7-23(19)32)18-33-24-17-30-11-8-22(24)27(25(33)34)9-13-31(14-10-27)26(35)29-2/h3-4,6-8,11,15-17H,5,9-10,12-14,18H2,1-2H3,(H,29,35)/b4-3-. The molecule has 1 N–H and O–H groups in total. The van der Waals surface area contributed by atoms with Crippen LogP contribution in [0.5, 0.6) is 0 Å². The second kappa shape index (κ2) is 9.38. The third-order valence-electron chi connectivity index (χ3n) is 7.40. The lowest BCUT2D eigenvalue weighted by Gasteiger charge is -2.38. The Morgan fingerprint density at radius 2 is 2.03 bits per heavy atom. The van der Waals surface area contributed by atoms with Crippen LogP contribution < -0.4 is 10.2 Å². The molecular weight excluding hydrogens is 462 g/mol. The monoisotopic (exact) mass is 491 g/mol. The highest BCUT2D eigenvalue weighted by Gasteiger charge is 2.52. The fourth-order valence-corrected chi connectivity index (χ4v) is 5.79. The molecule has 2 aliphatic heterocycles. The maximum atomic E-state index is 14.1. The normalized spacial score (nSPS) is 17.1. The van der Waals surface area contributed by atoms with Crippen molar-refractivity contribution in [2.45, 2.75) is 44.7 Å². The van der Waals surface area contributed by atoms with Crippen molar-refractivity contribution in [1.82, 2.24) is 19.8 Å². The molecule has 1 aromatic carbocycles. The van der Waals surface area contributed by atoms with Crippen molar-refractivity contribution in [3.63, 3.8) is 0 Å². The number of fused-ring (bicyclic) bond motifs is 3. The molecule has 5 rings (SSSR count). The summed E-state index contributed by atoms with van der Waals surface area (Å²) < 4.78 is 2.29. The number of carbonyl (C=O) groups is 2. The molecule has 1 spiro atoms. The van der Waals surface area contributed by atoms with E-state index in [4.69, 9.17) is 11.6 Å². The molecular formula is C27H30ClN5O2. The van der Waals surface area contributed by atoms with Gasteiger partial charge in [-0.25, -0.2) is 4.79 Å². The molecule has 8 heteroatoms. The molecule has 35 heavy (non-hydrogen) atoms. The number of amides is 3. The highest BCUT2D eigenvalue weighted by Crippen LogP contribution is 2.48. The Morgan fingerprint density at radius 1 is 1.23 bits per heavy atom. The Bertz CT molecular complexity index is 1310. The zero-order valence-corrected chi connectivity index (χ0v) is 20.9. The molecule has 0 aliphatic carbocycles. The number of pyridine rings is 1. The number of aryl methyl sites for hydroxylation is 1. The number of likely N-dealkylation sites (tertiary alicyclic amines) is 1. The van der Waals surface area contributed by atoms with Crippen LogP contribution in [0.25, 0.3) is 10.9 Å². The molecule has 3 aromatic rings. The summed E-state index contributed by atoms with van der Waals surface area (Å²) in [6.45, 7) is 4.39. The maximum Gasteiger partial charge on any atom is 0.317 e. The summed E-state index contributed by atoms with van der Waals surface area (Å²) in [5.41, 5.74) is 3.45. The van der Waals surface area contributed by atoms with Crippen LogP contribution in [0.4, 0.5) is 10.5 Å². The molecule has 7 nitrogen and oxygen atoms in total. The minimum absolute atomic E-state index is 0.0959. The highest BCUT2D eigenvalue weighted by molar-refractivity contribution is 6.31. The molecule has 2 aliphatic rings. The first kappa shape index (κ1) is 23.4. The van der Waals surface area contributed by atoms with Crippen molar-refractivity contribution >= 4 is 40.1 Å². The van der Waals surface area contributed by atoms with E-state index in [2.05, 4.69) is 33.1 Å². The molecule has 2 aromatic heterocycles. The van der Waals surface area contributed by atoms with Crippen LogP contribution in [0.1, 0.15) is 37.4 Å². The van der Waals surface area contributed by atoms with E-state index in [0.29, 0.717) is 37.5 Å². The minimum atomic E-state index is -0.617. The number of halogens is 1. The first-order valence-corrected chi connectivity index (χ1v) is 12.5. The first-order chi connectivity index (χ1) is 17.0. The predicted molar refractivity (Wildman–Crippen MR) is 139 cm³/mol. The Morgan fingerprint density at radius 3 is 2.77 bits per heavy atom. The van der Waals surface area contributed by atoms with E-state index >= 15 is 0 Å². The Kier molecular flexibility index (Phi) is 6.28. The number of carbonyl (C=O) groups excluding carboxylic acids is 2. The van der Waals surface area contributed by atoms with Gasteiger partial charge in [0.2, 0.25) is 5.91 Å². The van der Waals surface area contributed by atoms with E-state index < -0.39 is 5.41 Å². The Hall–Kier alpha value is -3.32. The van der Waals surface area contributed by atoms with Crippen LogP contribution >= 0.6 is 11.6 Å². The number of hydrogen-bond acceptors (Lipinski definition) is 3. The van der Waals surface area contributed by atoms with E-state index in [1.165, 1.54) is 0 Å². The number of urea groups is 1. The molecule has 4 heterocycles. The van der Waals surface area contributed by atoms with Gasteiger partial charge in [-0.15, -0.1) is 0 Å². The van der Waals surface area contributed by atoms with E-state index in [1.807, 2.05) is 36.1 Å². The number of piperidine rings is 1. The predicted octanol–water partition coefficient (Wildman–Crippen LogP) is 4.88. The van der Waals surface area contributed by atoms with Gasteiger partial charge in [-0.3, -0.25) is 9.78 Å². The van der Waals surface area contributed by atoms with Crippen molar-refractivity contribution in [3.8, 4) is 0 Å². The number of aromatic nitrogens is 2. The van der Waals surface area contributed by atoms with Gasteiger partial charge in [0.05, 0.1) is 23.8 Å². The SMILES string of the molecule is C/C=C\CCn1c(CN2C(=O)C3(CCN(C(=O)NC)CC3)c3ccncc32)cc2cc(Cl)ccc21. The van der Waals surface area contributed by atoms with Crippen LogP contribution in [-0.4, -0.2) is 46.5 Å². The van der Waals surface area contributed by atoms with Crippen molar-refractivity contribution < 1.29 is 9.59 Å². The molecule has 0 radical (unpaired) electrons. The van der Waals surface area contributed by atoms with Crippen LogP contribution in [-0.2, 0) is 23.3 Å². The van der Waals surface area contributed by atoms with E-state index in [9.17, 15) is 9.59 Å². The van der Waals surface area contributed by atoms with Crippen LogP contribution in [0, 0.1) is 0 Å². The lowest BCUT2D eigenvalue weighted by Crippen LogP contribution is -2.51. The van der Waals surface area contributed by atoms with Gasteiger partial charge in [0.15, 0.2) is 0 Å². The number of nitrogens with one attached hydrogen (secondary N) is 1. The van der Waals surface area contributed by atoms with Gasteiger partial charge in [-0.05, 0) is 62.1 Å². The average molecular weight is 492 g/mol. The van der Waals surface area contributed by atoms with Gasteiger partial charge < -0.3 is 19.7 Å². The van der Waals surface area contributed by atoms with E-state index in [1.54, 1.807) is 24.3 Å². The summed E-state index contributed by atoms with van der Waals surface area (Å²) in [6, 6.07) is 9.96. The van der Waals surface area contributed by atoms with Crippen molar-refractivity contribution in [3.05, 3.63) is 71.2 Å². The molecule has 0 saturated carbocycles. The fourth-order valence-electron chi connectivity index (χ4n) is 5.60. The summed E-state index contributed by atoms with van der Waals surface area (Å²) >= 11 is 6.28. The van der Waals surface area contributed by atoms with Gasteiger partial charge in [-0.1, -0.05) is 23.8 Å². The van der Waals surface area contributed by atoms with Gasteiger partial charge in [0, 0.05) is 54.5 Å². The van der Waals surface area contributed by atoms with E-state index in [-0.39, 0.29) is 11.9 Å². The average Bonchev–Trinajstić information content (AvgIpc) is 3.32. The highest BCUT2D eigenvalue weighted by atomic mass is 35.5. The summed E-state index contributed by atoms with van der Waals surface area (Å²) in [7, 11) is 1.64. The summed E-state index contributed by atoms with van der Waals surface area (Å²) in [5, 5.41) is 4.46. The Balaban J connectivity index is 1.50. The zero-order chi connectivity index (χ0) is 24.6. The Labute approximate surface area is 210 Å². The van der Waals surface area contributed by atoms with Crippen molar-refractivity contribution in [2.75, 3.05) is 25.0 Å². The second-order valence-corrected chi connectivity index (χ2v) is 9.69. The molecule has 0 bridgehead atoms. The molecule has 3 amide bonds. The third kappa shape index (κ3) is 3.97. The van der Waals surface area contributed by atoms with Crippen molar-refractivity contribution in [2.24, 2.45) is 0 Å². The van der Waals surface area contributed by atoms with E-state index in [0.717, 1.165) is 40.8 Å². The fraction of sp³-hybridized carbons (Fsp3) is 0.370. The molecule has 1 fully saturated rings. The number of nitrogens with zero attached hydrogens (tertiary/aromatic N) is 4. The topological polar surface area (TPSA) is 70.5 Å². The molecule has 0 unspecified atom stereocenters. The number of rotatable bonds is 5. The molecule has 0 atom stereocenters. The minimum Gasteiger partial charge on any atom is -0.343 e. The van der Waals surface area contributed by atoms with Gasteiger partial charge in [0.25, 0.3) is 0 Å². The smallest absolute Gasteiger partial charge is 0.317 e. The quantitative estimate of drug-likeness (QED) is 0.517. The van der Waals surface area contributed by atoms with Gasteiger partial charge >= 0.3 is 6.03 Å². The maximum absolute atomic E-state index is 14.1. The lowest BCUT2D eigenvalue weighted by molar-refractivity contribution is -0.124. The van der Waals surface area contributed by atoms with Crippen LogP contribution in [0.3, 0.4) is 0 Å². The van der Waals surface area contributed by atoms with Gasteiger partial charge in [-0.2, -0.15) is 0 Å². The van der Waals surface area contributed by atoms with Crippen molar-refractivity contribution in [1.29, 1.82) is 0 Å². The summed E-state index contributed by atoms with van der Waals surface area (Å²) in [6.07, 6.45) is 9.89. The van der Waals surface area contributed by atoms with Crippen LogP contribution in [0.15, 0.2) is 54.9 Å². The zero-order valence-electron chi connectivity index (χ0n) is 20.1. The molecule has 182 valence electrons. The van der Waals surface area contributed by atoms with Crippen LogP contribution in [0.2, 0.25) is 5.02 Å². The van der Waals surface area contributed by atoms with Gasteiger partial charge in [0.1, 0.15) is 0 Å². The number of allylic oxidation sites excluding steroid dienone is 2.